The molecule has 0 aliphatic carbocycles. The van der Waals surface area contributed by atoms with Crippen molar-refractivity contribution in [1.82, 2.24) is 0 Å². The third kappa shape index (κ3) is 3.36. The third-order valence-electron chi connectivity index (χ3n) is 2.07. The maximum absolute atomic E-state index is 13.9. The molecule has 0 aliphatic heterocycles. The minimum Gasteiger partial charge on any atom is -0.358 e. The first-order valence-corrected chi connectivity index (χ1v) is 8.97. The quantitative estimate of drug-likeness (QED) is 0.616. The van der Waals surface area contributed by atoms with Crippen LogP contribution in [-0.2, 0) is 0 Å². The Kier molecular flexibility index (Phi) is 5.79. The number of rotatable bonds is 4. The van der Waals surface area contributed by atoms with Crippen LogP contribution in [-0.4, -0.2) is 0 Å². The van der Waals surface area contributed by atoms with Gasteiger partial charge in [-0.3, -0.25) is 0 Å². The Hall–Kier alpha value is -0.730. The lowest BCUT2D eigenvalue weighted by Crippen LogP contribution is -1.97. The number of hydrogen-bond acceptors (Lipinski definition) is 2. The van der Waals surface area contributed by atoms with Crippen LogP contribution < -0.4 is 5.09 Å². The van der Waals surface area contributed by atoms with Gasteiger partial charge in [0.05, 0.1) is 16.8 Å². The summed E-state index contributed by atoms with van der Waals surface area (Å²) in [6, 6.07) is 4.57. The largest absolute Gasteiger partial charge is 0.358 e. The van der Waals surface area contributed by atoms with Crippen molar-refractivity contribution >= 4 is 39.9 Å². The molecule has 0 saturated carbocycles. The highest BCUT2D eigenvalue weighted by Gasteiger charge is 2.16. The number of benzene rings is 1. The summed E-state index contributed by atoms with van der Waals surface area (Å²) in [6.45, 7) is 1.76. The summed E-state index contributed by atoms with van der Waals surface area (Å²) in [6.07, 6.45) is 2.06. The highest BCUT2D eigenvalue weighted by atomic mass is 127. The van der Waals surface area contributed by atoms with Crippen LogP contribution in [0.25, 0.3) is 5.83 Å². The molecule has 17 heavy (non-hydrogen) atoms. The van der Waals surface area contributed by atoms with Gasteiger partial charge in [0.1, 0.15) is 11.9 Å². The molecule has 0 bridgehead atoms. The molecular formula is C11H10F2IN2P. The molecule has 1 N–H and O–H groups in total. The van der Waals surface area contributed by atoms with Crippen molar-refractivity contribution in [1.29, 1.82) is 5.26 Å². The molecule has 0 aliphatic rings. The van der Waals surface area contributed by atoms with Crippen LogP contribution in [0, 0.1) is 17.1 Å². The first-order chi connectivity index (χ1) is 8.15. The molecule has 0 radical (unpaired) electrons. The molecule has 1 atom stereocenters. The van der Waals surface area contributed by atoms with Crippen LogP contribution in [0.2, 0.25) is 0 Å². The van der Waals surface area contributed by atoms with Crippen molar-refractivity contribution in [2.75, 3.05) is 5.09 Å². The molecule has 0 aromatic heterocycles. The SMILES string of the molecule is CC/C=C(/F)c1c(NPI)ccc(C#N)c1F. The molecule has 1 aromatic rings. The monoisotopic (exact) mass is 366 g/mol. The van der Waals surface area contributed by atoms with Gasteiger partial charge < -0.3 is 5.09 Å². The number of nitrogens with one attached hydrogen (secondary N) is 1. The predicted octanol–water partition coefficient (Wildman–Crippen LogP) is 4.77. The second kappa shape index (κ2) is 6.87. The van der Waals surface area contributed by atoms with E-state index in [2.05, 4.69) is 27.1 Å². The summed E-state index contributed by atoms with van der Waals surface area (Å²) in [5.41, 5.74) is 0.0634. The van der Waals surface area contributed by atoms with E-state index in [1.54, 1.807) is 13.0 Å². The molecule has 1 rings (SSSR count). The minimum atomic E-state index is -0.811. The Morgan fingerprint density at radius 2 is 2.35 bits per heavy atom. The van der Waals surface area contributed by atoms with Crippen LogP contribution in [0.4, 0.5) is 14.5 Å². The third-order valence-corrected chi connectivity index (χ3v) is 3.24. The summed E-state index contributed by atoms with van der Waals surface area (Å²) >= 11 is 2.07. The Morgan fingerprint density at radius 3 is 2.88 bits per heavy atom. The number of hydrogen-bond donors (Lipinski definition) is 1. The number of halogens is 3. The Bertz CT molecular complexity index is 483. The summed E-state index contributed by atoms with van der Waals surface area (Å²) in [7, 11) is 0. The standard InChI is InChI=1S/C11H10F2IN2P/c1-2-3-8(12)10-9(16-17-14)5-4-7(6-15)11(10)13/h3-5,16-17H,2H2,1H3/b8-3+. The summed E-state index contributed by atoms with van der Waals surface area (Å²) in [5, 5.41) is 11.6. The normalized spacial score (nSPS) is 11.8. The van der Waals surface area contributed by atoms with Crippen LogP contribution in [0.3, 0.4) is 0 Å². The topological polar surface area (TPSA) is 35.8 Å². The van der Waals surface area contributed by atoms with E-state index >= 15 is 0 Å². The first-order valence-electron chi connectivity index (χ1n) is 4.86. The van der Waals surface area contributed by atoms with E-state index in [1.165, 1.54) is 18.2 Å². The van der Waals surface area contributed by atoms with Gasteiger partial charge in [-0.15, -0.1) is 0 Å². The highest BCUT2D eigenvalue weighted by Crippen LogP contribution is 2.34. The van der Waals surface area contributed by atoms with Gasteiger partial charge in [0.2, 0.25) is 0 Å². The van der Waals surface area contributed by atoms with Crippen molar-refractivity contribution in [2.24, 2.45) is 0 Å². The van der Waals surface area contributed by atoms with Crippen LogP contribution in [0.5, 0.6) is 0 Å². The lowest BCUT2D eigenvalue weighted by Gasteiger charge is -2.10. The summed E-state index contributed by atoms with van der Waals surface area (Å²) in [5.74, 6) is -1.45. The van der Waals surface area contributed by atoms with Crippen LogP contribution >= 0.6 is 28.4 Å². The second-order valence-electron chi connectivity index (χ2n) is 3.14. The smallest absolute Gasteiger partial charge is 0.153 e. The Labute approximate surface area is 113 Å². The van der Waals surface area contributed by atoms with Gasteiger partial charge in [-0.05, 0) is 46.7 Å². The van der Waals surface area contributed by atoms with Gasteiger partial charge in [0.25, 0.3) is 0 Å². The molecule has 0 amide bonds. The van der Waals surface area contributed by atoms with Crippen molar-refractivity contribution in [3.63, 3.8) is 0 Å². The van der Waals surface area contributed by atoms with E-state index in [9.17, 15) is 8.78 Å². The average Bonchev–Trinajstić information content (AvgIpc) is 2.30. The van der Waals surface area contributed by atoms with Gasteiger partial charge in [-0.2, -0.15) is 5.26 Å². The van der Waals surface area contributed by atoms with Crippen molar-refractivity contribution in [2.45, 2.75) is 13.3 Å². The lowest BCUT2D eigenvalue weighted by molar-refractivity contribution is 0.611. The number of anilines is 1. The zero-order chi connectivity index (χ0) is 12.8. The van der Waals surface area contributed by atoms with Gasteiger partial charge in [-0.1, -0.05) is 6.92 Å². The fourth-order valence-electron chi connectivity index (χ4n) is 1.33. The predicted molar refractivity (Wildman–Crippen MR) is 76.4 cm³/mol. The average molecular weight is 366 g/mol. The van der Waals surface area contributed by atoms with Crippen LogP contribution in [0.1, 0.15) is 24.5 Å². The molecule has 2 nitrogen and oxygen atoms in total. The summed E-state index contributed by atoms with van der Waals surface area (Å²) < 4.78 is 27.7. The Morgan fingerprint density at radius 1 is 1.65 bits per heavy atom. The van der Waals surface area contributed by atoms with Gasteiger partial charge in [-0.25, -0.2) is 8.78 Å². The van der Waals surface area contributed by atoms with E-state index in [-0.39, 0.29) is 11.1 Å². The lowest BCUT2D eigenvalue weighted by atomic mass is 10.1. The van der Waals surface area contributed by atoms with Crippen molar-refractivity contribution < 1.29 is 8.78 Å². The fraction of sp³-hybridized carbons (Fsp3) is 0.182. The van der Waals surface area contributed by atoms with Crippen molar-refractivity contribution in [3.05, 3.63) is 35.2 Å². The highest BCUT2D eigenvalue weighted by molar-refractivity contribution is 14.2. The molecular weight excluding hydrogens is 356 g/mol. The fourth-order valence-corrected chi connectivity index (χ4v) is 2.51. The molecule has 90 valence electrons. The van der Waals surface area contributed by atoms with Gasteiger partial charge >= 0.3 is 0 Å². The molecule has 0 heterocycles. The van der Waals surface area contributed by atoms with Crippen LogP contribution in [0.15, 0.2) is 18.2 Å². The maximum atomic E-state index is 13.9. The molecule has 1 aromatic carbocycles. The van der Waals surface area contributed by atoms with E-state index in [0.29, 0.717) is 18.5 Å². The van der Waals surface area contributed by atoms with Gasteiger partial charge in [0.15, 0.2) is 5.82 Å². The molecule has 1 unspecified atom stereocenters. The number of nitrogens with zero attached hydrogens (tertiary/aromatic N) is 1. The maximum Gasteiger partial charge on any atom is 0.153 e. The molecule has 6 heteroatoms. The van der Waals surface area contributed by atoms with E-state index in [4.69, 9.17) is 5.26 Å². The van der Waals surface area contributed by atoms with Crippen molar-refractivity contribution in [3.8, 4) is 6.07 Å². The molecule has 0 saturated heterocycles. The second-order valence-corrected chi connectivity index (χ2v) is 5.20. The Balaban J connectivity index is 3.40. The zero-order valence-corrected chi connectivity index (χ0v) is 12.2. The number of allylic oxidation sites excluding steroid dienone is 1. The van der Waals surface area contributed by atoms with Gasteiger partial charge in [0, 0.05) is 6.37 Å². The first kappa shape index (κ1) is 14.3. The zero-order valence-electron chi connectivity index (χ0n) is 9.02. The van der Waals surface area contributed by atoms with E-state index in [1.807, 2.05) is 0 Å². The summed E-state index contributed by atoms with van der Waals surface area (Å²) in [4.78, 5) is 0. The van der Waals surface area contributed by atoms with E-state index in [0.717, 1.165) is 0 Å². The molecule has 0 fully saturated rings. The molecule has 0 spiro atoms. The number of nitriles is 1. The minimum absolute atomic E-state index is 0.151. The van der Waals surface area contributed by atoms with E-state index < -0.39 is 11.6 Å².